The normalized spacial score (nSPS) is 21.2. The summed E-state index contributed by atoms with van der Waals surface area (Å²) in [6.45, 7) is 7.10. The number of amides is 1. The Morgan fingerprint density at radius 2 is 2.19 bits per heavy atom. The van der Waals surface area contributed by atoms with E-state index in [9.17, 15) is 4.79 Å². The van der Waals surface area contributed by atoms with Gasteiger partial charge in [-0.1, -0.05) is 0 Å². The van der Waals surface area contributed by atoms with Crippen LogP contribution >= 0.6 is 0 Å². The molecular formula is C11H21NO4. The monoisotopic (exact) mass is 231 g/mol. The molecule has 0 aromatic rings. The summed E-state index contributed by atoms with van der Waals surface area (Å²) in [4.78, 5) is 13.3. The number of aliphatic hydroxyl groups is 1. The zero-order chi connectivity index (χ0) is 12.2. The van der Waals surface area contributed by atoms with Crippen molar-refractivity contribution in [1.82, 2.24) is 4.90 Å². The molecule has 1 fully saturated rings. The summed E-state index contributed by atoms with van der Waals surface area (Å²) in [5.74, 6) is 0. The van der Waals surface area contributed by atoms with E-state index in [1.165, 1.54) is 0 Å². The Balaban J connectivity index is 2.32. The lowest BCUT2D eigenvalue weighted by molar-refractivity contribution is 0.0156. The van der Waals surface area contributed by atoms with Crippen LogP contribution in [-0.2, 0) is 9.47 Å². The number of aliphatic hydroxyl groups excluding tert-OH is 1. The average molecular weight is 231 g/mol. The van der Waals surface area contributed by atoms with Gasteiger partial charge in [-0.25, -0.2) is 4.79 Å². The Morgan fingerprint density at radius 3 is 2.75 bits per heavy atom. The van der Waals surface area contributed by atoms with Gasteiger partial charge in [0.1, 0.15) is 5.60 Å². The van der Waals surface area contributed by atoms with Gasteiger partial charge in [-0.15, -0.1) is 0 Å². The largest absolute Gasteiger partial charge is 0.444 e. The molecule has 0 radical (unpaired) electrons. The van der Waals surface area contributed by atoms with Crippen molar-refractivity contribution in [2.24, 2.45) is 0 Å². The van der Waals surface area contributed by atoms with Gasteiger partial charge in [-0.05, 0) is 27.2 Å². The Morgan fingerprint density at radius 1 is 1.50 bits per heavy atom. The summed E-state index contributed by atoms with van der Waals surface area (Å²) < 4.78 is 10.6. The van der Waals surface area contributed by atoms with Crippen LogP contribution in [0, 0.1) is 0 Å². The van der Waals surface area contributed by atoms with Crippen molar-refractivity contribution in [2.45, 2.75) is 38.9 Å². The highest BCUT2D eigenvalue weighted by molar-refractivity contribution is 5.68. The first-order valence-electron chi connectivity index (χ1n) is 5.63. The first kappa shape index (κ1) is 13.3. The van der Waals surface area contributed by atoms with Crippen LogP contribution < -0.4 is 0 Å². The van der Waals surface area contributed by atoms with Gasteiger partial charge in [0, 0.05) is 6.54 Å². The van der Waals surface area contributed by atoms with Crippen molar-refractivity contribution in [3.8, 4) is 0 Å². The highest BCUT2D eigenvalue weighted by Crippen LogP contribution is 2.16. The number of ether oxygens (including phenoxy) is 2. The molecule has 1 aliphatic rings. The smallest absolute Gasteiger partial charge is 0.410 e. The van der Waals surface area contributed by atoms with Gasteiger partial charge in [-0.2, -0.15) is 0 Å². The van der Waals surface area contributed by atoms with E-state index in [0.29, 0.717) is 19.7 Å². The van der Waals surface area contributed by atoms with Crippen LogP contribution in [0.1, 0.15) is 27.2 Å². The zero-order valence-corrected chi connectivity index (χ0v) is 10.2. The minimum absolute atomic E-state index is 0.0168. The number of carbonyl (C=O) groups is 1. The van der Waals surface area contributed by atoms with Crippen molar-refractivity contribution < 1.29 is 19.4 Å². The maximum atomic E-state index is 11.7. The highest BCUT2D eigenvalue weighted by Gasteiger charge is 2.29. The van der Waals surface area contributed by atoms with Crippen LogP contribution in [0.4, 0.5) is 4.79 Å². The zero-order valence-electron chi connectivity index (χ0n) is 10.2. The summed E-state index contributed by atoms with van der Waals surface area (Å²) >= 11 is 0. The van der Waals surface area contributed by atoms with Crippen LogP contribution in [0.3, 0.4) is 0 Å². The van der Waals surface area contributed by atoms with Gasteiger partial charge in [0.05, 0.1) is 25.9 Å². The molecule has 1 heterocycles. The Kier molecular flexibility index (Phi) is 4.56. The molecule has 1 rings (SSSR count). The number of nitrogens with zero attached hydrogens (tertiary/aromatic N) is 1. The van der Waals surface area contributed by atoms with Crippen LogP contribution in [0.2, 0.25) is 0 Å². The minimum Gasteiger partial charge on any atom is -0.444 e. The molecule has 16 heavy (non-hydrogen) atoms. The molecule has 0 aromatic heterocycles. The number of carbonyl (C=O) groups excluding carboxylic acids is 1. The summed E-state index contributed by atoms with van der Waals surface area (Å²) in [5.41, 5.74) is -0.457. The number of rotatable bonds is 3. The third-order valence-electron chi connectivity index (χ3n) is 2.24. The molecule has 0 aliphatic carbocycles. The molecule has 5 nitrogen and oxygen atoms in total. The molecule has 1 atom stereocenters. The van der Waals surface area contributed by atoms with E-state index in [4.69, 9.17) is 14.6 Å². The summed E-state index contributed by atoms with van der Waals surface area (Å²) in [6, 6.07) is 0. The van der Waals surface area contributed by atoms with Crippen molar-refractivity contribution in [3.63, 3.8) is 0 Å². The third kappa shape index (κ3) is 4.37. The van der Waals surface area contributed by atoms with Crippen molar-refractivity contribution in [3.05, 3.63) is 0 Å². The lowest BCUT2D eigenvalue weighted by atomic mass is 10.2. The fourth-order valence-corrected chi connectivity index (χ4v) is 1.58. The van der Waals surface area contributed by atoms with Gasteiger partial charge in [-0.3, -0.25) is 0 Å². The molecule has 0 aromatic carbocycles. The Labute approximate surface area is 96.3 Å². The molecule has 1 amide bonds. The molecule has 1 N–H and O–H groups in total. The SMILES string of the molecule is CC(C)(C)OC(=O)N1CC[C@@H](OCCO)C1. The fourth-order valence-electron chi connectivity index (χ4n) is 1.58. The third-order valence-corrected chi connectivity index (χ3v) is 2.24. The van der Waals surface area contributed by atoms with Crippen molar-refractivity contribution in [2.75, 3.05) is 26.3 Å². The van der Waals surface area contributed by atoms with Crippen LogP contribution in [0.15, 0.2) is 0 Å². The van der Waals surface area contributed by atoms with Gasteiger partial charge in [0.15, 0.2) is 0 Å². The molecule has 0 spiro atoms. The molecule has 0 saturated carbocycles. The fraction of sp³-hybridized carbons (Fsp3) is 0.909. The van der Waals surface area contributed by atoms with E-state index in [-0.39, 0.29) is 18.8 Å². The van der Waals surface area contributed by atoms with Crippen LogP contribution in [0.5, 0.6) is 0 Å². The summed E-state index contributed by atoms with van der Waals surface area (Å²) in [7, 11) is 0. The molecule has 5 heteroatoms. The van der Waals surface area contributed by atoms with E-state index in [0.717, 1.165) is 6.42 Å². The second-order valence-electron chi connectivity index (χ2n) is 4.93. The summed E-state index contributed by atoms with van der Waals surface area (Å²) in [6.07, 6.45) is 0.543. The standard InChI is InChI=1S/C11H21NO4/c1-11(2,3)16-10(14)12-5-4-9(8-12)15-7-6-13/h9,13H,4-8H2,1-3H3/t9-/m1/s1. The van der Waals surface area contributed by atoms with Gasteiger partial charge in [0.25, 0.3) is 0 Å². The van der Waals surface area contributed by atoms with E-state index in [1.54, 1.807) is 4.90 Å². The molecule has 94 valence electrons. The topological polar surface area (TPSA) is 59.0 Å². The molecule has 0 unspecified atom stereocenters. The van der Waals surface area contributed by atoms with Crippen LogP contribution in [0.25, 0.3) is 0 Å². The molecular weight excluding hydrogens is 210 g/mol. The molecule has 1 saturated heterocycles. The quantitative estimate of drug-likeness (QED) is 0.787. The van der Waals surface area contributed by atoms with E-state index in [1.807, 2.05) is 20.8 Å². The first-order valence-corrected chi connectivity index (χ1v) is 5.63. The maximum Gasteiger partial charge on any atom is 0.410 e. The second kappa shape index (κ2) is 5.50. The average Bonchev–Trinajstić information content (AvgIpc) is 2.60. The Bertz CT molecular complexity index is 237. The van der Waals surface area contributed by atoms with Gasteiger partial charge < -0.3 is 19.5 Å². The van der Waals surface area contributed by atoms with E-state index in [2.05, 4.69) is 0 Å². The number of hydrogen-bond acceptors (Lipinski definition) is 4. The maximum absolute atomic E-state index is 11.7. The van der Waals surface area contributed by atoms with Crippen molar-refractivity contribution in [1.29, 1.82) is 0 Å². The highest BCUT2D eigenvalue weighted by atomic mass is 16.6. The lowest BCUT2D eigenvalue weighted by Crippen LogP contribution is -2.36. The molecule has 1 aliphatic heterocycles. The number of likely N-dealkylation sites (tertiary alicyclic amines) is 1. The number of hydrogen-bond donors (Lipinski definition) is 1. The van der Waals surface area contributed by atoms with E-state index >= 15 is 0 Å². The van der Waals surface area contributed by atoms with Gasteiger partial charge >= 0.3 is 6.09 Å². The predicted molar refractivity (Wildman–Crippen MR) is 59.2 cm³/mol. The Hall–Kier alpha value is -0.810. The lowest BCUT2D eigenvalue weighted by Gasteiger charge is -2.24. The first-order chi connectivity index (χ1) is 7.42. The molecule has 0 bridgehead atoms. The minimum atomic E-state index is -0.457. The predicted octanol–water partition coefficient (Wildman–Crippen LogP) is 1.00. The van der Waals surface area contributed by atoms with Crippen molar-refractivity contribution >= 4 is 6.09 Å². The van der Waals surface area contributed by atoms with Gasteiger partial charge in [0.2, 0.25) is 0 Å². The van der Waals surface area contributed by atoms with E-state index < -0.39 is 5.60 Å². The second-order valence-corrected chi connectivity index (χ2v) is 4.93. The summed E-state index contributed by atoms with van der Waals surface area (Å²) in [5, 5.41) is 8.62. The van der Waals surface area contributed by atoms with Crippen LogP contribution in [-0.4, -0.2) is 54.1 Å².